The molecule has 0 amide bonds. The monoisotopic (exact) mass is 345 g/mol. The topological polar surface area (TPSA) is 44.5 Å². The predicted molar refractivity (Wildman–Crippen MR) is 83.0 cm³/mol. The van der Waals surface area contributed by atoms with Gasteiger partial charge in [0.25, 0.3) is 0 Å². The van der Waals surface area contributed by atoms with Crippen LogP contribution in [0.1, 0.15) is 11.1 Å². The zero-order chi connectivity index (χ0) is 15.7. The van der Waals surface area contributed by atoms with Crippen LogP contribution in [0.25, 0.3) is 11.1 Å². The Labute approximate surface area is 137 Å². The van der Waals surface area contributed by atoms with Gasteiger partial charge in [0.05, 0.1) is 5.56 Å². The quantitative estimate of drug-likeness (QED) is 0.894. The van der Waals surface area contributed by atoms with Crippen molar-refractivity contribution in [2.24, 2.45) is 5.73 Å². The molecular formula is C16H15ClF3NO2. The zero-order valence-electron chi connectivity index (χ0n) is 12.0. The second-order valence-corrected chi connectivity index (χ2v) is 4.93. The second kappa shape index (κ2) is 6.68. The van der Waals surface area contributed by atoms with E-state index in [-0.39, 0.29) is 24.5 Å². The molecule has 0 aliphatic carbocycles. The van der Waals surface area contributed by atoms with Gasteiger partial charge in [-0.2, -0.15) is 13.2 Å². The van der Waals surface area contributed by atoms with Crippen LogP contribution < -0.4 is 15.2 Å². The minimum absolute atomic E-state index is 0. The van der Waals surface area contributed by atoms with Crippen LogP contribution >= 0.6 is 12.4 Å². The molecule has 124 valence electrons. The van der Waals surface area contributed by atoms with Gasteiger partial charge in [0.15, 0.2) is 11.5 Å². The molecule has 0 unspecified atom stereocenters. The lowest BCUT2D eigenvalue weighted by Crippen LogP contribution is -2.15. The molecule has 0 radical (unpaired) electrons. The molecule has 0 saturated heterocycles. The van der Waals surface area contributed by atoms with Gasteiger partial charge in [-0.3, -0.25) is 0 Å². The minimum atomic E-state index is -4.43. The van der Waals surface area contributed by atoms with Crippen LogP contribution in [-0.4, -0.2) is 13.2 Å². The summed E-state index contributed by atoms with van der Waals surface area (Å²) in [5.41, 5.74) is 5.86. The summed E-state index contributed by atoms with van der Waals surface area (Å²) < 4.78 is 50.2. The molecule has 0 fully saturated rings. The Morgan fingerprint density at radius 3 is 2.17 bits per heavy atom. The SMILES string of the molecule is Cl.NCc1ccc(-c2ccc3c(c2)OCCO3)cc1C(F)(F)F. The normalized spacial score (nSPS) is 13.4. The molecule has 3 rings (SSSR count). The molecule has 0 atom stereocenters. The molecule has 2 aromatic rings. The molecule has 0 bridgehead atoms. The summed E-state index contributed by atoms with van der Waals surface area (Å²) in [5, 5.41) is 0. The maximum Gasteiger partial charge on any atom is 0.416 e. The van der Waals surface area contributed by atoms with Gasteiger partial charge < -0.3 is 15.2 Å². The molecule has 2 N–H and O–H groups in total. The second-order valence-electron chi connectivity index (χ2n) is 4.93. The molecule has 0 spiro atoms. The number of alkyl halides is 3. The lowest BCUT2D eigenvalue weighted by molar-refractivity contribution is -0.138. The van der Waals surface area contributed by atoms with E-state index in [9.17, 15) is 13.2 Å². The fraction of sp³-hybridized carbons (Fsp3) is 0.250. The molecule has 1 heterocycles. The van der Waals surface area contributed by atoms with E-state index in [0.717, 1.165) is 6.07 Å². The number of benzene rings is 2. The van der Waals surface area contributed by atoms with Gasteiger partial charge in [0.1, 0.15) is 13.2 Å². The lowest BCUT2D eigenvalue weighted by Gasteiger charge is -2.19. The summed E-state index contributed by atoms with van der Waals surface area (Å²) in [6, 6.07) is 9.26. The van der Waals surface area contributed by atoms with E-state index >= 15 is 0 Å². The van der Waals surface area contributed by atoms with Crippen molar-refractivity contribution in [3.63, 3.8) is 0 Å². The Morgan fingerprint density at radius 2 is 1.52 bits per heavy atom. The van der Waals surface area contributed by atoms with Crippen molar-refractivity contribution in [1.82, 2.24) is 0 Å². The summed E-state index contributed by atoms with van der Waals surface area (Å²) >= 11 is 0. The third-order valence-corrected chi connectivity index (χ3v) is 3.51. The minimum Gasteiger partial charge on any atom is -0.486 e. The van der Waals surface area contributed by atoms with Gasteiger partial charge in [-0.05, 0) is 34.9 Å². The van der Waals surface area contributed by atoms with Crippen LogP contribution in [0.3, 0.4) is 0 Å². The molecule has 1 aliphatic heterocycles. The van der Waals surface area contributed by atoms with Crippen molar-refractivity contribution >= 4 is 12.4 Å². The first kappa shape index (κ1) is 17.4. The molecule has 0 aromatic heterocycles. The van der Waals surface area contributed by atoms with E-state index in [0.29, 0.717) is 35.8 Å². The highest BCUT2D eigenvalue weighted by Gasteiger charge is 2.33. The van der Waals surface area contributed by atoms with Crippen molar-refractivity contribution in [2.75, 3.05) is 13.2 Å². The fourth-order valence-corrected chi connectivity index (χ4v) is 2.42. The highest BCUT2D eigenvalue weighted by atomic mass is 35.5. The number of hydrogen-bond donors (Lipinski definition) is 1. The summed E-state index contributed by atoms with van der Waals surface area (Å²) in [5.74, 6) is 1.14. The van der Waals surface area contributed by atoms with Crippen LogP contribution in [0.4, 0.5) is 13.2 Å². The first-order chi connectivity index (χ1) is 10.5. The van der Waals surface area contributed by atoms with E-state index in [1.807, 2.05) is 0 Å². The van der Waals surface area contributed by atoms with Crippen molar-refractivity contribution in [1.29, 1.82) is 0 Å². The van der Waals surface area contributed by atoms with Crippen LogP contribution in [-0.2, 0) is 12.7 Å². The highest BCUT2D eigenvalue weighted by Crippen LogP contribution is 2.38. The molecule has 1 aliphatic rings. The smallest absolute Gasteiger partial charge is 0.416 e. The third kappa shape index (κ3) is 3.54. The van der Waals surface area contributed by atoms with Crippen LogP contribution in [0, 0.1) is 0 Å². The summed E-state index contributed by atoms with van der Waals surface area (Å²) in [6.45, 7) is 0.738. The van der Waals surface area contributed by atoms with E-state index < -0.39 is 11.7 Å². The maximum absolute atomic E-state index is 13.1. The first-order valence-corrected chi connectivity index (χ1v) is 6.79. The maximum atomic E-state index is 13.1. The van der Waals surface area contributed by atoms with E-state index in [1.165, 1.54) is 6.07 Å². The van der Waals surface area contributed by atoms with Gasteiger partial charge in [0.2, 0.25) is 0 Å². The largest absolute Gasteiger partial charge is 0.486 e. The van der Waals surface area contributed by atoms with E-state index in [4.69, 9.17) is 15.2 Å². The summed E-state index contributed by atoms with van der Waals surface area (Å²) in [7, 11) is 0. The average molecular weight is 346 g/mol. The van der Waals surface area contributed by atoms with Crippen molar-refractivity contribution < 1.29 is 22.6 Å². The Morgan fingerprint density at radius 1 is 0.913 bits per heavy atom. The third-order valence-electron chi connectivity index (χ3n) is 3.51. The van der Waals surface area contributed by atoms with Crippen LogP contribution in [0.2, 0.25) is 0 Å². The molecule has 0 saturated carbocycles. The number of ether oxygens (including phenoxy) is 2. The van der Waals surface area contributed by atoms with E-state index in [1.54, 1.807) is 24.3 Å². The Bertz CT molecular complexity index is 704. The Hall–Kier alpha value is -1.92. The molecular weight excluding hydrogens is 331 g/mol. The average Bonchev–Trinajstić information content (AvgIpc) is 2.53. The molecule has 23 heavy (non-hydrogen) atoms. The number of hydrogen-bond acceptors (Lipinski definition) is 3. The summed E-state index contributed by atoms with van der Waals surface area (Å²) in [4.78, 5) is 0. The van der Waals surface area contributed by atoms with Crippen molar-refractivity contribution in [3.8, 4) is 22.6 Å². The number of fused-ring (bicyclic) bond motifs is 1. The molecule has 7 heteroatoms. The van der Waals surface area contributed by atoms with Gasteiger partial charge in [-0.1, -0.05) is 18.2 Å². The zero-order valence-corrected chi connectivity index (χ0v) is 12.8. The number of rotatable bonds is 2. The molecule has 2 aromatic carbocycles. The van der Waals surface area contributed by atoms with Gasteiger partial charge in [0, 0.05) is 6.54 Å². The standard InChI is InChI=1S/C16H14F3NO2.ClH/c17-16(18,19)13-7-10(1-2-12(13)9-20)11-3-4-14-15(8-11)22-6-5-21-14;/h1-4,7-8H,5-6,9,20H2;1H. The van der Waals surface area contributed by atoms with E-state index in [2.05, 4.69) is 0 Å². The first-order valence-electron chi connectivity index (χ1n) is 6.79. The van der Waals surface area contributed by atoms with Gasteiger partial charge in [-0.15, -0.1) is 12.4 Å². The highest BCUT2D eigenvalue weighted by molar-refractivity contribution is 5.85. The lowest BCUT2D eigenvalue weighted by atomic mass is 9.98. The van der Waals surface area contributed by atoms with Crippen LogP contribution in [0.5, 0.6) is 11.5 Å². The Kier molecular flexibility index (Phi) is 5.06. The molecule has 3 nitrogen and oxygen atoms in total. The predicted octanol–water partition coefficient (Wildman–Crippen LogP) is 4.02. The number of nitrogens with two attached hydrogens (primary N) is 1. The summed E-state index contributed by atoms with van der Waals surface area (Å²) in [6.07, 6.45) is -4.43. The van der Waals surface area contributed by atoms with Gasteiger partial charge >= 0.3 is 6.18 Å². The van der Waals surface area contributed by atoms with Crippen molar-refractivity contribution in [3.05, 3.63) is 47.5 Å². The fourth-order valence-electron chi connectivity index (χ4n) is 2.42. The van der Waals surface area contributed by atoms with Gasteiger partial charge in [-0.25, -0.2) is 0 Å². The van der Waals surface area contributed by atoms with Crippen molar-refractivity contribution in [2.45, 2.75) is 12.7 Å². The number of halogens is 4. The Balaban J connectivity index is 0.00000192. The van der Waals surface area contributed by atoms with Crippen LogP contribution in [0.15, 0.2) is 36.4 Å².